The Morgan fingerprint density at radius 2 is 1.90 bits per heavy atom. The first kappa shape index (κ1) is 19.1. The van der Waals surface area contributed by atoms with Crippen LogP contribution < -0.4 is 5.32 Å². The molecule has 4 aromatic rings. The molecular weight excluding hydrogens is 382 g/mol. The Morgan fingerprint density at radius 1 is 1.10 bits per heavy atom. The van der Waals surface area contributed by atoms with Crippen LogP contribution in [0.5, 0.6) is 0 Å². The largest absolute Gasteiger partial charge is 0.436 e. The second-order valence-corrected chi connectivity index (χ2v) is 6.74. The van der Waals surface area contributed by atoms with Gasteiger partial charge in [0, 0.05) is 29.5 Å². The van der Waals surface area contributed by atoms with E-state index in [1.807, 2.05) is 37.3 Å². The van der Waals surface area contributed by atoms with E-state index in [4.69, 9.17) is 4.42 Å². The Hall–Kier alpha value is -4.26. The maximum absolute atomic E-state index is 12.1. The van der Waals surface area contributed by atoms with Gasteiger partial charge in [-0.3, -0.25) is 14.9 Å². The van der Waals surface area contributed by atoms with Gasteiger partial charge < -0.3 is 9.73 Å². The highest BCUT2D eigenvalue weighted by atomic mass is 16.6. The number of anilines is 1. The summed E-state index contributed by atoms with van der Waals surface area (Å²) in [7, 11) is 0. The van der Waals surface area contributed by atoms with Crippen molar-refractivity contribution < 1.29 is 14.1 Å². The minimum atomic E-state index is -0.475. The number of aryl methyl sites for hydroxylation is 1. The smallest absolute Gasteiger partial charge is 0.270 e. The van der Waals surface area contributed by atoms with Gasteiger partial charge in [-0.2, -0.15) is 0 Å². The molecule has 0 aliphatic carbocycles. The summed E-state index contributed by atoms with van der Waals surface area (Å²) < 4.78 is 5.81. The maximum Gasteiger partial charge on any atom is 0.270 e. The van der Waals surface area contributed by atoms with Gasteiger partial charge in [-0.15, -0.1) is 0 Å². The SMILES string of the molecule is Cc1ccc2nc(-c3ccc(NC(=O)C=Cc4cccc([N+](=O)[O-])c4)cc3)oc2c1. The van der Waals surface area contributed by atoms with E-state index >= 15 is 0 Å². The molecule has 0 spiro atoms. The number of rotatable bonds is 5. The summed E-state index contributed by atoms with van der Waals surface area (Å²) >= 11 is 0. The molecule has 0 bridgehead atoms. The molecule has 7 heteroatoms. The number of nitrogens with zero attached hydrogens (tertiary/aromatic N) is 2. The molecule has 0 aliphatic rings. The number of aromatic nitrogens is 1. The van der Waals surface area contributed by atoms with Crippen molar-refractivity contribution >= 4 is 34.5 Å². The summed E-state index contributed by atoms with van der Waals surface area (Å²) in [6.45, 7) is 1.99. The Morgan fingerprint density at radius 3 is 2.67 bits per heavy atom. The molecule has 4 rings (SSSR count). The lowest BCUT2D eigenvalue weighted by molar-refractivity contribution is -0.384. The summed E-state index contributed by atoms with van der Waals surface area (Å²) in [4.78, 5) is 27.0. The summed E-state index contributed by atoms with van der Waals surface area (Å²) in [6.07, 6.45) is 2.85. The summed E-state index contributed by atoms with van der Waals surface area (Å²) in [5, 5.41) is 13.6. The van der Waals surface area contributed by atoms with Crippen molar-refractivity contribution in [2.24, 2.45) is 0 Å². The summed E-state index contributed by atoms with van der Waals surface area (Å²) in [5.41, 5.74) is 4.58. The lowest BCUT2D eigenvalue weighted by Gasteiger charge is -2.03. The number of fused-ring (bicyclic) bond motifs is 1. The molecule has 7 nitrogen and oxygen atoms in total. The minimum Gasteiger partial charge on any atom is -0.436 e. The van der Waals surface area contributed by atoms with Gasteiger partial charge in [0.05, 0.1) is 4.92 Å². The van der Waals surface area contributed by atoms with Gasteiger partial charge in [-0.05, 0) is 60.5 Å². The highest BCUT2D eigenvalue weighted by Crippen LogP contribution is 2.26. The van der Waals surface area contributed by atoms with Crippen molar-refractivity contribution in [3.05, 3.63) is 94.0 Å². The molecule has 0 fully saturated rings. The monoisotopic (exact) mass is 399 g/mol. The number of benzene rings is 3. The Labute approximate surface area is 171 Å². The van der Waals surface area contributed by atoms with E-state index in [-0.39, 0.29) is 11.6 Å². The molecule has 148 valence electrons. The number of hydrogen-bond acceptors (Lipinski definition) is 5. The van der Waals surface area contributed by atoms with Crippen LogP contribution >= 0.6 is 0 Å². The first-order valence-corrected chi connectivity index (χ1v) is 9.19. The van der Waals surface area contributed by atoms with Crippen LogP contribution in [-0.4, -0.2) is 15.8 Å². The molecule has 30 heavy (non-hydrogen) atoms. The van der Waals surface area contributed by atoms with Crippen LogP contribution in [0.2, 0.25) is 0 Å². The quantitative estimate of drug-likeness (QED) is 0.277. The van der Waals surface area contributed by atoms with E-state index in [2.05, 4.69) is 10.3 Å². The number of amides is 1. The number of carbonyl (C=O) groups excluding carboxylic acids is 1. The Kier molecular flexibility index (Phi) is 5.09. The van der Waals surface area contributed by atoms with Crippen molar-refractivity contribution in [3.63, 3.8) is 0 Å². The van der Waals surface area contributed by atoms with E-state index in [9.17, 15) is 14.9 Å². The van der Waals surface area contributed by atoms with Crippen LogP contribution in [0.1, 0.15) is 11.1 Å². The Balaban J connectivity index is 1.44. The van der Waals surface area contributed by atoms with Gasteiger partial charge in [0.25, 0.3) is 5.69 Å². The average Bonchev–Trinajstić information content (AvgIpc) is 3.16. The topological polar surface area (TPSA) is 98.3 Å². The fourth-order valence-electron chi connectivity index (χ4n) is 2.95. The number of hydrogen-bond donors (Lipinski definition) is 1. The third-order valence-electron chi connectivity index (χ3n) is 4.45. The third kappa shape index (κ3) is 4.25. The van der Waals surface area contributed by atoms with Crippen LogP contribution in [-0.2, 0) is 4.79 Å². The molecule has 3 aromatic carbocycles. The standard InChI is InChI=1S/C23H17N3O4/c1-15-5-11-20-21(13-15)30-23(25-20)17-7-9-18(10-8-17)24-22(27)12-6-16-3-2-4-19(14-16)26(28)29/h2-14H,1H3,(H,24,27). The lowest BCUT2D eigenvalue weighted by atomic mass is 10.2. The van der Waals surface area contributed by atoms with Gasteiger partial charge in [0.2, 0.25) is 11.8 Å². The summed E-state index contributed by atoms with van der Waals surface area (Å²) in [5.74, 6) is 0.172. The van der Waals surface area contributed by atoms with E-state index in [1.54, 1.807) is 24.3 Å². The van der Waals surface area contributed by atoms with Gasteiger partial charge >= 0.3 is 0 Å². The molecule has 0 aliphatic heterocycles. The first-order valence-electron chi connectivity index (χ1n) is 9.19. The Bertz CT molecular complexity index is 1270. The van der Waals surface area contributed by atoms with Gasteiger partial charge in [-0.1, -0.05) is 18.2 Å². The normalized spacial score (nSPS) is 11.1. The van der Waals surface area contributed by atoms with Crippen LogP contribution in [0, 0.1) is 17.0 Å². The zero-order valence-electron chi connectivity index (χ0n) is 16.0. The molecule has 0 atom stereocenters. The number of non-ortho nitro benzene ring substituents is 1. The molecule has 1 aromatic heterocycles. The van der Waals surface area contributed by atoms with Crippen molar-refractivity contribution in [2.45, 2.75) is 6.92 Å². The number of nitro groups is 1. The van der Waals surface area contributed by atoms with Gasteiger partial charge in [-0.25, -0.2) is 4.98 Å². The zero-order valence-corrected chi connectivity index (χ0v) is 16.0. The molecule has 0 saturated carbocycles. The third-order valence-corrected chi connectivity index (χ3v) is 4.45. The molecule has 1 amide bonds. The number of carbonyl (C=O) groups is 1. The first-order chi connectivity index (χ1) is 14.5. The van der Waals surface area contributed by atoms with Crippen molar-refractivity contribution in [2.75, 3.05) is 5.32 Å². The minimum absolute atomic E-state index is 0.0255. The molecule has 0 unspecified atom stereocenters. The van der Waals surface area contributed by atoms with Gasteiger partial charge in [0.1, 0.15) is 5.52 Å². The second kappa shape index (κ2) is 8.00. The van der Waals surface area contributed by atoms with E-state index in [0.717, 1.165) is 22.2 Å². The number of nitro benzene ring substituents is 1. The van der Waals surface area contributed by atoms with E-state index < -0.39 is 4.92 Å². The van der Waals surface area contributed by atoms with Crippen molar-refractivity contribution in [3.8, 4) is 11.5 Å². The second-order valence-electron chi connectivity index (χ2n) is 6.74. The molecule has 0 saturated heterocycles. The fourth-order valence-corrected chi connectivity index (χ4v) is 2.95. The van der Waals surface area contributed by atoms with Crippen LogP contribution in [0.4, 0.5) is 11.4 Å². The van der Waals surface area contributed by atoms with Crippen LogP contribution in [0.3, 0.4) is 0 Å². The number of oxazole rings is 1. The highest BCUT2D eigenvalue weighted by Gasteiger charge is 2.09. The van der Waals surface area contributed by atoms with E-state index in [0.29, 0.717) is 17.1 Å². The number of nitrogens with one attached hydrogen (secondary N) is 1. The highest BCUT2D eigenvalue weighted by molar-refractivity contribution is 6.02. The van der Waals surface area contributed by atoms with Crippen molar-refractivity contribution in [1.82, 2.24) is 4.98 Å². The summed E-state index contributed by atoms with van der Waals surface area (Å²) in [6, 6.07) is 19.0. The average molecular weight is 399 g/mol. The molecular formula is C23H17N3O4. The maximum atomic E-state index is 12.1. The molecule has 1 heterocycles. The predicted octanol–water partition coefficient (Wildman–Crippen LogP) is 5.36. The van der Waals surface area contributed by atoms with Gasteiger partial charge in [0.15, 0.2) is 5.58 Å². The van der Waals surface area contributed by atoms with E-state index in [1.165, 1.54) is 24.3 Å². The lowest BCUT2D eigenvalue weighted by Crippen LogP contribution is -2.07. The van der Waals surface area contributed by atoms with Crippen LogP contribution in [0.15, 0.2) is 77.2 Å². The molecule has 1 N–H and O–H groups in total. The van der Waals surface area contributed by atoms with Crippen molar-refractivity contribution in [1.29, 1.82) is 0 Å². The molecule has 0 radical (unpaired) electrons. The zero-order chi connectivity index (χ0) is 21.1. The fraction of sp³-hybridized carbons (Fsp3) is 0.0435. The predicted molar refractivity (Wildman–Crippen MR) is 115 cm³/mol. The van der Waals surface area contributed by atoms with Crippen LogP contribution in [0.25, 0.3) is 28.6 Å².